The van der Waals surface area contributed by atoms with Crippen LogP contribution in [0.25, 0.3) is 11.1 Å². The molecular formula is C33H33N. The van der Waals surface area contributed by atoms with Gasteiger partial charge in [0.1, 0.15) is 0 Å². The van der Waals surface area contributed by atoms with Crippen molar-refractivity contribution < 1.29 is 0 Å². The SMILES string of the molecule is [CH]c1cccc(C2(c3ccccc3)c3cc(C(C)(C)C)ccc3-c3ccc(C(C)(C)C)cc32)n1. The van der Waals surface area contributed by atoms with Gasteiger partial charge in [0.25, 0.3) is 0 Å². The summed E-state index contributed by atoms with van der Waals surface area (Å²) in [4.78, 5) is 4.96. The number of aromatic nitrogens is 1. The lowest BCUT2D eigenvalue weighted by molar-refractivity contribution is 0.585. The van der Waals surface area contributed by atoms with E-state index in [2.05, 4.69) is 114 Å². The molecule has 0 N–H and O–H groups in total. The molecule has 5 rings (SSSR count). The third-order valence-electron chi connectivity index (χ3n) is 7.23. The van der Waals surface area contributed by atoms with Gasteiger partial charge in [-0.3, -0.25) is 4.98 Å². The average molecular weight is 444 g/mol. The molecule has 0 aliphatic heterocycles. The molecule has 0 unspecified atom stereocenters. The van der Waals surface area contributed by atoms with Crippen LogP contribution in [-0.2, 0) is 16.2 Å². The smallest absolute Gasteiger partial charge is 0.0886 e. The highest BCUT2D eigenvalue weighted by molar-refractivity contribution is 5.86. The van der Waals surface area contributed by atoms with E-state index in [-0.39, 0.29) is 10.8 Å². The van der Waals surface area contributed by atoms with Crippen LogP contribution >= 0.6 is 0 Å². The molecule has 1 heteroatoms. The molecule has 1 aliphatic carbocycles. The largest absolute Gasteiger partial charge is 0.256 e. The molecule has 0 fully saturated rings. The van der Waals surface area contributed by atoms with Crippen LogP contribution < -0.4 is 0 Å². The van der Waals surface area contributed by atoms with Gasteiger partial charge in [0.15, 0.2) is 0 Å². The van der Waals surface area contributed by atoms with Crippen molar-refractivity contribution in [3.63, 3.8) is 0 Å². The van der Waals surface area contributed by atoms with E-state index in [1.165, 1.54) is 38.9 Å². The molecule has 0 saturated heterocycles. The normalized spacial score (nSPS) is 14.6. The van der Waals surface area contributed by atoms with Crippen LogP contribution in [0.5, 0.6) is 0 Å². The monoisotopic (exact) mass is 443 g/mol. The number of rotatable bonds is 2. The first-order valence-corrected chi connectivity index (χ1v) is 12.1. The molecule has 2 radical (unpaired) electrons. The van der Waals surface area contributed by atoms with E-state index in [1.807, 2.05) is 12.1 Å². The van der Waals surface area contributed by atoms with Crippen molar-refractivity contribution in [3.05, 3.63) is 131 Å². The summed E-state index contributed by atoms with van der Waals surface area (Å²) in [6.07, 6.45) is 0. The Kier molecular flexibility index (Phi) is 5.09. The molecule has 34 heavy (non-hydrogen) atoms. The number of benzene rings is 3. The Bertz CT molecular complexity index is 1300. The van der Waals surface area contributed by atoms with Crippen LogP contribution in [0.1, 0.15) is 80.7 Å². The Morgan fingerprint density at radius 3 is 1.62 bits per heavy atom. The zero-order chi connectivity index (χ0) is 24.3. The van der Waals surface area contributed by atoms with Crippen molar-refractivity contribution in [2.75, 3.05) is 0 Å². The first kappa shape index (κ1) is 22.6. The summed E-state index contributed by atoms with van der Waals surface area (Å²) >= 11 is 0. The van der Waals surface area contributed by atoms with Crippen LogP contribution in [0.15, 0.2) is 84.9 Å². The van der Waals surface area contributed by atoms with Crippen molar-refractivity contribution in [2.24, 2.45) is 0 Å². The predicted molar refractivity (Wildman–Crippen MR) is 142 cm³/mol. The minimum Gasteiger partial charge on any atom is -0.256 e. The Labute approximate surface area is 204 Å². The minimum absolute atomic E-state index is 0.0337. The fourth-order valence-corrected chi connectivity index (χ4v) is 5.34. The topological polar surface area (TPSA) is 12.9 Å². The second kappa shape index (κ2) is 7.67. The lowest BCUT2D eigenvalue weighted by Crippen LogP contribution is -2.31. The first-order valence-electron chi connectivity index (χ1n) is 12.1. The molecule has 0 atom stereocenters. The Hall–Kier alpha value is -3.19. The molecule has 0 saturated carbocycles. The average Bonchev–Trinajstić information content (AvgIpc) is 3.08. The Morgan fingerprint density at radius 1 is 0.618 bits per heavy atom. The molecule has 0 amide bonds. The maximum Gasteiger partial charge on any atom is 0.0886 e. The highest BCUT2D eigenvalue weighted by Crippen LogP contribution is 2.56. The quantitative estimate of drug-likeness (QED) is 0.268. The van der Waals surface area contributed by atoms with E-state index in [4.69, 9.17) is 11.9 Å². The number of hydrogen-bond donors (Lipinski definition) is 0. The molecule has 3 aromatic carbocycles. The van der Waals surface area contributed by atoms with Crippen LogP contribution in [0.2, 0.25) is 0 Å². The highest BCUT2D eigenvalue weighted by Gasteiger charge is 2.48. The number of hydrogen-bond acceptors (Lipinski definition) is 1. The summed E-state index contributed by atoms with van der Waals surface area (Å²) in [5, 5.41) is 0. The van der Waals surface area contributed by atoms with Crippen molar-refractivity contribution in [1.29, 1.82) is 0 Å². The molecular weight excluding hydrogens is 410 g/mol. The summed E-state index contributed by atoms with van der Waals surface area (Å²) in [6.45, 7) is 19.9. The van der Waals surface area contributed by atoms with Gasteiger partial charge in [-0.15, -0.1) is 0 Å². The zero-order valence-corrected chi connectivity index (χ0v) is 21.1. The van der Waals surface area contributed by atoms with Crippen LogP contribution in [-0.4, -0.2) is 4.98 Å². The second-order valence-corrected chi connectivity index (χ2v) is 11.6. The number of nitrogens with zero attached hydrogens (tertiary/aromatic N) is 1. The van der Waals surface area contributed by atoms with Gasteiger partial charge in [-0.1, -0.05) is 114 Å². The van der Waals surface area contributed by atoms with Crippen molar-refractivity contribution in [3.8, 4) is 11.1 Å². The van der Waals surface area contributed by atoms with Gasteiger partial charge in [0.2, 0.25) is 0 Å². The third-order valence-corrected chi connectivity index (χ3v) is 7.23. The molecule has 1 aromatic heterocycles. The summed E-state index contributed by atoms with van der Waals surface area (Å²) < 4.78 is 0. The number of fused-ring (bicyclic) bond motifs is 3. The summed E-state index contributed by atoms with van der Waals surface area (Å²) in [5.74, 6) is 0. The molecule has 1 nitrogen and oxygen atoms in total. The van der Waals surface area contributed by atoms with E-state index in [0.717, 1.165) is 5.69 Å². The van der Waals surface area contributed by atoms with Gasteiger partial charge < -0.3 is 0 Å². The summed E-state index contributed by atoms with van der Waals surface area (Å²) in [5.41, 5.74) is 10.0. The van der Waals surface area contributed by atoms with Crippen molar-refractivity contribution >= 4 is 0 Å². The fourth-order valence-electron chi connectivity index (χ4n) is 5.34. The number of pyridine rings is 1. The van der Waals surface area contributed by atoms with Gasteiger partial charge in [0.05, 0.1) is 11.1 Å². The first-order chi connectivity index (χ1) is 16.0. The fraction of sp³-hybridized carbons (Fsp3) is 0.273. The molecule has 1 aliphatic rings. The van der Waals surface area contributed by atoms with E-state index in [9.17, 15) is 0 Å². The van der Waals surface area contributed by atoms with Gasteiger partial charge in [-0.25, -0.2) is 0 Å². The molecule has 0 spiro atoms. The van der Waals surface area contributed by atoms with Crippen molar-refractivity contribution in [2.45, 2.75) is 57.8 Å². The van der Waals surface area contributed by atoms with E-state index in [1.54, 1.807) is 0 Å². The van der Waals surface area contributed by atoms with Crippen LogP contribution in [0, 0.1) is 6.92 Å². The predicted octanol–water partition coefficient (Wildman–Crippen LogP) is 8.10. The van der Waals surface area contributed by atoms with Gasteiger partial charge >= 0.3 is 0 Å². The molecule has 1 heterocycles. The van der Waals surface area contributed by atoms with E-state index < -0.39 is 5.41 Å². The second-order valence-electron chi connectivity index (χ2n) is 11.6. The summed E-state index contributed by atoms with van der Waals surface area (Å²) in [6, 6.07) is 30.8. The van der Waals surface area contributed by atoms with Crippen molar-refractivity contribution in [1.82, 2.24) is 4.98 Å². The zero-order valence-electron chi connectivity index (χ0n) is 21.1. The van der Waals surface area contributed by atoms with Crippen LogP contribution in [0.3, 0.4) is 0 Å². The van der Waals surface area contributed by atoms with E-state index >= 15 is 0 Å². The molecule has 0 bridgehead atoms. The standard InChI is InChI=1S/C33H33N/c1-22-12-11-15-30(34-22)33(23-13-9-8-10-14-23)28-20-24(31(2,3)4)16-18-26(28)27-19-17-25(21-29(27)33)32(5,6)7/h1,8-21H,2-7H3. The Morgan fingerprint density at radius 2 is 1.15 bits per heavy atom. The maximum absolute atomic E-state index is 6.29. The van der Waals surface area contributed by atoms with Gasteiger partial charge in [-0.05, 0) is 61.9 Å². The Balaban J connectivity index is 1.97. The van der Waals surface area contributed by atoms with E-state index in [0.29, 0.717) is 5.69 Å². The van der Waals surface area contributed by atoms with Crippen LogP contribution in [0.4, 0.5) is 0 Å². The summed E-state index contributed by atoms with van der Waals surface area (Å²) in [7, 11) is 0. The van der Waals surface area contributed by atoms with Gasteiger partial charge in [-0.2, -0.15) is 0 Å². The lowest BCUT2D eigenvalue weighted by Gasteiger charge is -2.34. The third kappa shape index (κ3) is 3.41. The molecule has 4 aromatic rings. The maximum atomic E-state index is 6.29. The molecule has 170 valence electrons. The minimum atomic E-state index is -0.538. The van der Waals surface area contributed by atoms with Gasteiger partial charge in [0, 0.05) is 12.6 Å². The lowest BCUT2D eigenvalue weighted by atomic mass is 9.68. The highest BCUT2D eigenvalue weighted by atomic mass is 14.7.